The van der Waals surface area contributed by atoms with Crippen LogP contribution in [0.2, 0.25) is 0 Å². The molecule has 0 aliphatic carbocycles. The van der Waals surface area contributed by atoms with E-state index in [2.05, 4.69) is 20.8 Å². The number of benzene rings is 1. The summed E-state index contributed by atoms with van der Waals surface area (Å²) in [6, 6.07) is 7.16. The first-order valence-corrected chi connectivity index (χ1v) is 4.88. The number of aromatic hydroxyl groups is 1. The first kappa shape index (κ1) is 10.4. The number of aromatic nitrogens is 2. The van der Waals surface area contributed by atoms with E-state index in [0.717, 1.165) is 5.56 Å². The molecular weight excluding hydrogens is 204 g/mol. The van der Waals surface area contributed by atoms with Crippen molar-refractivity contribution in [2.45, 2.75) is 6.54 Å². The highest BCUT2D eigenvalue weighted by Crippen LogP contribution is 2.14. The minimum atomic E-state index is 0.274. The fourth-order valence-corrected chi connectivity index (χ4v) is 1.25. The summed E-state index contributed by atoms with van der Waals surface area (Å²) in [5.74, 6) is 0.911. The number of nitrogens with one attached hydrogen (secondary N) is 2. The van der Waals surface area contributed by atoms with Crippen LogP contribution in [0.15, 0.2) is 42.9 Å². The molecule has 1 aromatic heterocycles. The lowest BCUT2D eigenvalue weighted by Gasteiger charge is -2.07. The number of phenolic OH excluding ortho intramolecular Hbond substituents is 1. The Labute approximate surface area is 93.2 Å². The van der Waals surface area contributed by atoms with Crippen molar-refractivity contribution in [1.29, 1.82) is 0 Å². The second-order valence-corrected chi connectivity index (χ2v) is 3.20. The monoisotopic (exact) mass is 216 g/mol. The summed E-state index contributed by atoms with van der Waals surface area (Å²) >= 11 is 0. The zero-order chi connectivity index (χ0) is 11.2. The van der Waals surface area contributed by atoms with Crippen molar-refractivity contribution < 1.29 is 5.11 Å². The van der Waals surface area contributed by atoms with Gasteiger partial charge in [0.15, 0.2) is 5.82 Å². The van der Waals surface area contributed by atoms with Crippen molar-refractivity contribution in [1.82, 2.24) is 15.4 Å². The highest BCUT2D eigenvalue weighted by molar-refractivity contribution is 5.33. The van der Waals surface area contributed by atoms with Gasteiger partial charge < -0.3 is 10.5 Å². The van der Waals surface area contributed by atoms with Crippen LogP contribution in [-0.4, -0.2) is 15.1 Å². The van der Waals surface area contributed by atoms with Gasteiger partial charge in [-0.15, -0.1) is 0 Å². The third-order valence-corrected chi connectivity index (χ3v) is 2.05. The van der Waals surface area contributed by atoms with E-state index in [0.29, 0.717) is 12.4 Å². The summed E-state index contributed by atoms with van der Waals surface area (Å²) in [7, 11) is 0. The Morgan fingerprint density at radius 1 is 1.19 bits per heavy atom. The predicted octanol–water partition coefficient (Wildman–Crippen LogP) is 1.30. The Balaban J connectivity index is 1.87. The third-order valence-electron chi connectivity index (χ3n) is 2.05. The normalized spacial score (nSPS) is 10.0. The van der Waals surface area contributed by atoms with Gasteiger partial charge in [-0.1, -0.05) is 18.2 Å². The lowest BCUT2D eigenvalue weighted by atomic mass is 10.2. The molecule has 0 radical (unpaired) electrons. The average molecular weight is 216 g/mol. The molecule has 82 valence electrons. The van der Waals surface area contributed by atoms with Gasteiger partial charge in [0.05, 0.1) is 6.20 Å². The van der Waals surface area contributed by atoms with E-state index in [-0.39, 0.29) is 5.75 Å². The predicted molar refractivity (Wildman–Crippen MR) is 60.6 cm³/mol. The Hall–Kier alpha value is -2.14. The van der Waals surface area contributed by atoms with Gasteiger partial charge in [0.25, 0.3) is 0 Å². The maximum Gasteiger partial charge on any atom is 0.158 e. The van der Waals surface area contributed by atoms with Gasteiger partial charge in [0.1, 0.15) is 5.75 Å². The molecule has 0 saturated heterocycles. The van der Waals surface area contributed by atoms with Gasteiger partial charge in [-0.05, 0) is 6.07 Å². The Morgan fingerprint density at radius 2 is 2.06 bits per heavy atom. The van der Waals surface area contributed by atoms with E-state index >= 15 is 0 Å². The summed E-state index contributed by atoms with van der Waals surface area (Å²) < 4.78 is 0. The van der Waals surface area contributed by atoms with E-state index in [1.54, 1.807) is 30.7 Å². The Kier molecular flexibility index (Phi) is 3.30. The van der Waals surface area contributed by atoms with Crippen molar-refractivity contribution in [2.24, 2.45) is 0 Å². The molecule has 3 N–H and O–H groups in total. The van der Waals surface area contributed by atoms with E-state index in [4.69, 9.17) is 0 Å². The molecule has 2 rings (SSSR count). The van der Waals surface area contributed by atoms with Crippen molar-refractivity contribution in [3.63, 3.8) is 0 Å². The second kappa shape index (κ2) is 5.09. The van der Waals surface area contributed by atoms with Gasteiger partial charge in [-0.3, -0.25) is 4.98 Å². The molecule has 0 atom stereocenters. The van der Waals surface area contributed by atoms with Gasteiger partial charge in [0, 0.05) is 24.5 Å². The Bertz CT molecular complexity index is 447. The minimum Gasteiger partial charge on any atom is -0.508 e. The van der Waals surface area contributed by atoms with E-state index < -0.39 is 0 Å². The summed E-state index contributed by atoms with van der Waals surface area (Å²) in [6.45, 7) is 0.503. The molecule has 1 aromatic carbocycles. The number of para-hydroxylation sites is 1. The topological polar surface area (TPSA) is 70.1 Å². The molecule has 0 unspecified atom stereocenters. The SMILES string of the molecule is Oc1ccccc1CNNc1cnccn1. The molecule has 0 spiro atoms. The largest absolute Gasteiger partial charge is 0.508 e. The molecule has 2 aromatic rings. The molecule has 5 nitrogen and oxygen atoms in total. The zero-order valence-corrected chi connectivity index (χ0v) is 8.59. The van der Waals surface area contributed by atoms with Crippen LogP contribution in [0.25, 0.3) is 0 Å². The standard InChI is InChI=1S/C11H12N4O/c16-10-4-2-1-3-9(10)7-14-15-11-8-12-5-6-13-11/h1-6,8,14,16H,7H2,(H,13,15). The quantitative estimate of drug-likeness (QED) is 0.672. The average Bonchev–Trinajstić information content (AvgIpc) is 2.33. The molecule has 0 fully saturated rings. The molecule has 0 bridgehead atoms. The fraction of sp³-hybridized carbons (Fsp3) is 0.0909. The minimum absolute atomic E-state index is 0.274. The van der Waals surface area contributed by atoms with Crippen LogP contribution in [0.5, 0.6) is 5.75 Å². The molecule has 16 heavy (non-hydrogen) atoms. The van der Waals surface area contributed by atoms with Crippen LogP contribution in [-0.2, 0) is 6.54 Å². The molecule has 0 aliphatic heterocycles. The number of hydrazine groups is 1. The molecule has 0 aliphatic rings. The first-order valence-electron chi connectivity index (χ1n) is 4.88. The number of hydrogen-bond acceptors (Lipinski definition) is 5. The first-order chi connectivity index (χ1) is 7.86. The van der Waals surface area contributed by atoms with Crippen molar-refractivity contribution in [3.05, 3.63) is 48.4 Å². The highest BCUT2D eigenvalue weighted by atomic mass is 16.3. The number of hydrogen-bond donors (Lipinski definition) is 3. The van der Waals surface area contributed by atoms with Gasteiger partial charge in [-0.25, -0.2) is 10.4 Å². The molecule has 0 saturated carbocycles. The third kappa shape index (κ3) is 2.68. The smallest absolute Gasteiger partial charge is 0.158 e. The number of nitrogens with zero attached hydrogens (tertiary/aromatic N) is 2. The maximum atomic E-state index is 9.51. The van der Waals surface area contributed by atoms with Gasteiger partial charge in [-0.2, -0.15) is 0 Å². The number of anilines is 1. The van der Waals surface area contributed by atoms with Crippen molar-refractivity contribution >= 4 is 5.82 Å². The summed E-state index contributed by atoms with van der Waals surface area (Å²) in [5.41, 5.74) is 6.65. The van der Waals surface area contributed by atoms with Crippen LogP contribution in [0.1, 0.15) is 5.56 Å². The van der Waals surface area contributed by atoms with Crippen molar-refractivity contribution in [3.8, 4) is 5.75 Å². The van der Waals surface area contributed by atoms with Gasteiger partial charge >= 0.3 is 0 Å². The van der Waals surface area contributed by atoms with Crippen LogP contribution < -0.4 is 10.9 Å². The van der Waals surface area contributed by atoms with Gasteiger partial charge in [0.2, 0.25) is 0 Å². The van der Waals surface area contributed by atoms with Crippen LogP contribution in [0.4, 0.5) is 5.82 Å². The second-order valence-electron chi connectivity index (χ2n) is 3.20. The number of phenols is 1. The van der Waals surface area contributed by atoms with Crippen molar-refractivity contribution in [2.75, 3.05) is 5.43 Å². The fourth-order valence-electron chi connectivity index (χ4n) is 1.25. The Morgan fingerprint density at radius 3 is 2.81 bits per heavy atom. The highest BCUT2D eigenvalue weighted by Gasteiger charge is 1.98. The maximum absolute atomic E-state index is 9.51. The number of rotatable bonds is 4. The molecule has 0 amide bonds. The zero-order valence-electron chi connectivity index (χ0n) is 8.59. The summed E-state index contributed by atoms with van der Waals surface area (Å²) in [5, 5.41) is 9.51. The molecular formula is C11H12N4O. The van der Waals surface area contributed by atoms with E-state index in [1.165, 1.54) is 0 Å². The van der Waals surface area contributed by atoms with Crippen LogP contribution in [0.3, 0.4) is 0 Å². The van der Waals surface area contributed by atoms with E-state index in [9.17, 15) is 5.11 Å². The van der Waals surface area contributed by atoms with Crippen LogP contribution in [0, 0.1) is 0 Å². The van der Waals surface area contributed by atoms with Crippen LogP contribution >= 0.6 is 0 Å². The van der Waals surface area contributed by atoms with E-state index in [1.807, 2.05) is 12.1 Å². The molecule has 1 heterocycles. The lowest BCUT2D eigenvalue weighted by Crippen LogP contribution is -2.21. The summed E-state index contributed by atoms with van der Waals surface area (Å²) in [6.07, 6.45) is 4.82. The lowest BCUT2D eigenvalue weighted by molar-refractivity contribution is 0.466. The summed E-state index contributed by atoms with van der Waals surface area (Å²) in [4.78, 5) is 7.95. The molecule has 5 heteroatoms.